The highest BCUT2D eigenvalue weighted by atomic mass is 32.2. The van der Waals surface area contributed by atoms with Gasteiger partial charge < -0.3 is 10.1 Å². The highest BCUT2D eigenvalue weighted by molar-refractivity contribution is 8.02. The van der Waals surface area contributed by atoms with Gasteiger partial charge in [-0.25, -0.2) is 4.39 Å². The Labute approximate surface area is 166 Å². The number of carbonyl (C=O) groups excluding carboxylic acids is 2. The maximum Gasteiger partial charge on any atom is 0.319 e. The van der Waals surface area contributed by atoms with Gasteiger partial charge in [0.15, 0.2) is 0 Å². The molecule has 28 heavy (non-hydrogen) atoms. The van der Waals surface area contributed by atoms with E-state index in [-0.39, 0.29) is 5.82 Å². The van der Waals surface area contributed by atoms with Crippen LogP contribution in [0.3, 0.4) is 0 Å². The molecule has 2 aromatic carbocycles. The molecule has 1 amide bonds. The zero-order valence-corrected chi connectivity index (χ0v) is 15.8. The van der Waals surface area contributed by atoms with E-state index in [1.54, 1.807) is 36.4 Å². The number of nitrogens with one attached hydrogen (secondary N) is 1. The van der Waals surface area contributed by atoms with Gasteiger partial charge in [0.25, 0.3) is 0 Å². The lowest BCUT2D eigenvalue weighted by Gasteiger charge is -2.31. The fourth-order valence-electron chi connectivity index (χ4n) is 3.08. The molecule has 3 rings (SSSR count). The van der Waals surface area contributed by atoms with Crippen LogP contribution < -0.4 is 5.32 Å². The number of nitrogens with zero attached hydrogens (tertiary/aromatic N) is 1. The van der Waals surface area contributed by atoms with E-state index >= 15 is 0 Å². The molecular formula is C21H17FN2O3S. The van der Waals surface area contributed by atoms with Crippen LogP contribution in [0.1, 0.15) is 17.0 Å². The first-order chi connectivity index (χ1) is 13.5. The van der Waals surface area contributed by atoms with Gasteiger partial charge in [0, 0.05) is 11.7 Å². The van der Waals surface area contributed by atoms with Crippen LogP contribution in [0.2, 0.25) is 0 Å². The Balaban J connectivity index is 1.98. The second-order valence-electron chi connectivity index (χ2n) is 6.15. The third kappa shape index (κ3) is 4.07. The van der Waals surface area contributed by atoms with Crippen molar-refractivity contribution in [1.82, 2.24) is 5.32 Å². The molecule has 0 aromatic heterocycles. The molecule has 2 aromatic rings. The van der Waals surface area contributed by atoms with E-state index in [0.29, 0.717) is 21.9 Å². The number of ether oxygens (including phenoxy) is 1. The number of carbonyl (C=O) groups is 2. The van der Waals surface area contributed by atoms with Crippen LogP contribution in [-0.2, 0) is 20.1 Å². The van der Waals surface area contributed by atoms with Gasteiger partial charge in [-0.3, -0.25) is 9.59 Å². The van der Waals surface area contributed by atoms with E-state index in [0.717, 1.165) is 5.56 Å². The fourth-order valence-corrected chi connectivity index (χ4v) is 4.08. The predicted molar refractivity (Wildman–Crippen MR) is 103 cm³/mol. The van der Waals surface area contributed by atoms with Gasteiger partial charge in [-0.05, 0) is 23.3 Å². The van der Waals surface area contributed by atoms with E-state index in [1.165, 1.54) is 31.0 Å². The number of benzene rings is 2. The predicted octanol–water partition coefficient (Wildman–Crippen LogP) is 3.50. The van der Waals surface area contributed by atoms with Crippen LogP contribution in [0.25, 0.3) is 0 Å². The van der Waals surface area contributed by atoms with Crippen molar-refractivity contribution >= 4 is 23.6 Å². The first kappa shape index (κ1) is 19.6. The molecule has 0 radical (unpaired) electrons. The smallest absolute Gasteiger partial charge is 0.319 e. The average molecular weight is 396 g/mol. The second kappa shape index (κ2) is 8.72. The van der Waals surface area contributed by atoms with E-state index < -0.39 is 23.7 Å². The van der Waals surface area contributed by atoms with Crippen LogP contribution in [0.4, 0.5) is 4.39 Å². The lowest BCUT2D eigenvalue weighted by Crippen LogP contribution is -2.44. The van der Waals surface area contributed by atoms with Crippen molar-refractivity contribution < 1.29 is 18.7 Å². The Morgan fingerprint density at radius 3 is 2.50 bits per heavy atom. The number of methoxy groups -OCH3 is 1. The molecule has 2 atom stereocenters. The number of hydrogen-bond acceptors (Lipinski definition) is 5. The number of allylic oxidation sites excluding steroid dienone is 1. The zero-order valence-electron chi connectivity index (χ0n) is 15.0. The van der Waals surface area contributed by atoms with Gasteiger partial charge in [-0.2, -0.15) is 5.26 Å². The summed E-state index contributed by atoms with van der Waals surface area (Å²) in [5, 5.41) is 12.9. The number of rotatable bonds is 5. The summed E-state index contributed by atoms with van der Waals surface area (Å²) in [5.74, 6) is -2.98. The van der Waals surface area contributed by atoms with Gasteiger partial charge in [-0.15, -0.1) is 11.8 Å². The molecule has 0 unspecified atom stereocenters. The van der Waals surface area contributed by atoms with Gasteiger partial charge >= 0.3 is 5.97 Å². The third-order valence-corrected chi connectivity index (χ3v) is 5.53. The van der Waals surface area contributed by atoms with E-state index in [9.17, 15) is 19.2 Å². The summed E-state index contributed by atoms with van der Waals surface area (Å²) < 4.78 is 17.9. The van der Waals surface area contributed by atoms with Crippen molar-refractivity contribution in [2.45, 2.75) is 11.7 Å². The number of halogens is 1. The molecule has 1 aliphatic rings. The lowest BCUT2D eigenvalue weighted by molar-refractivity contribution is -0.150. The first-order valence-electron chi connectivity index (χ1n) is 8.50. The maximum atomic E-state index is 13.1. The minimum absolute atomic E-state index is 0.299. The molecule has 0 fully saturated rings. The van der Waals surface area contributed by atoms with Gasteiger partial charge in [-0.1, -0.05) is 42.5 Å². The normalized spacial score (nSPS) is 19.0. The topological polar surface area (TPSA) is 79.2 Å². The Morgan fingerprint density at radius 1 is 1.21 bits per heavy atom. The summed E-state index contributed by atoms with van der Waals surface area (Å²) in [6.07, 6.45) is 0. The molecule has 0 aliphatic carbocycles. The third-order valence-electron chi connectivity index (χ3n) is 4.44. The minimum Gasteiger partial charge on any atom is -0.468 e. The molecule has 142 valence electrons. The van der Waals surface area contributed by atoms with Crippen LogP contribution in [-0.4, -0.2) is 19.0 Å². The molecule has 0 spiro atoms. The van der Waals surface area contributed by atoms with Crippen molar-refractivity contribution in [3.63, 3.8) is 0 Å². The molecule has 1 heterocycles. The van der Waals surface area contributed by atoms with Crippen LogP contribution in [0.5, 0.6) is 0 Å². The van der Waals surface area contributed by atoms with Gasteiger partial charge in [0.05, 0.1) is 23.8 Å². The summed E-state index contributed by atoms with van der Waals surface area (Å²) >= 11 is 1.26. The highest BCUT2D eigenvalue weighted by Crippen LogP contribution is 2.40. The number of amides is 1. The van der Waals surface area contributed by atoms with Gasteiger partial charge in [0.1, 0.15) is 11.7 Å². The monoisotopic (exact) mass is 396 g/mol. The Hall–Kier alpha value is -3.11. The quantitative estimate of drug-likeness (QED) is 0.618. The fraction of sp³-hybridized carbons (Fsp3) is 0.190. The molecule has 0 saturated heterocycles. The van der Waals surface area contributed by atoms with Crippen molar-refractivity contribution in [1.29, 1.82) is 5.26 Å². The standard InChI is InChI=1S/C21H17FN2O3S/c1-27-21(26)18-17(14-5-3-2-4-6-14)16(11-23)20(24-19(18)25)28-12-13-7-9-15(22)10-8-13/h2-10,17-18H,12H2,1H3,(H,24,25)/t17-,18-/m0/s1. The van der Waals surface area contributed by atoms with E-state index in [2.05, 4.69) is 11.4 Å². The van der Waals surface area contributed by atoms with Crippen LogP contribution in [0, 0.1) is 23.1 Å². The Kier molecular flexibility index (Phi) is 6.12. The molecule has 5 nitrogen and oxygen atoms in total. The summed E-state index contributed by atoms with van der Waals surface area (Å²) in [5.41, 5.74) is 1.83. The largest absolute Gasteiger partial charge is 0.468 e. The molecule has 1 N–H and O–H groups in total. The number of thioether (sulfide) groups is 1. The zero-order chi connectivity index (χ0) is 20.1. The molecule has 1 aliphatic heterocycles. The highest BCUT2D eigenvalue weighted by Gasteiger charge is 2.44. The number of hydrogen-bond donors (Lipinski definition) is 1. The summed E-state index contributed by atoms with van der Waals surface area (Å²) in [7, 11) is 1.21. The van der Waals surface area contributed by atoms with Crippen molar-refractivity contribution in [2.75, 3.05) is 7.11 Å². The molecule has 0 saturated carbocycles. The van der Waals surface area contributed by atoms with Gasteiger partial charge in [0.2, 0.25) is 5.91 Å². The maximum absolute atomic E-state index is 13.1. The Bertz CT molecular complexity index is 952. The molecule has 0 bridgehead atoms. The van der Waals surface area contributed by atoms with E-state index in [4.69, 9.17) is 4.74 Å². The van der Waals surface area contributed by atoms with Crippen LogP contribution >= 0.6 is 11.8 Å². The summed E-state index contributed by atoms with van der Waals surface area (Å²) in [4.78, 5) is 25.0. The average Bonchev–Trinajstić information content (AvgIpc) is 2.72. The SMILES string of the molecule is COC(=O)[C@@H]1C(=O)NC(SCc2ccc(F)cc2)=C(C#N)[C@@H]1c1ccccc1. The van der Waals surface area contributed by atoms with Crippen molar-refractivity contribution in [2.24, 2.45) is 5.92 Å². The summed E-state index contributed by atoms with van der Waals surface area (Å²) in [6.45, 7) is 0. The minimum atomic E-state index is -1.14. The number of nitriles is 1. The molecular weight excluding hydrogens is 379 g/mol. The first-order valence-corrected chi connectivity index (χ1v) is 9.49. The van der Waals surface area contributed by atoms with E-state index in [1.807, 2.05) is 6.07 Å². The van der Waals surface area contributed by atoms with Crippen LogP contribution in [0.15, 0.2) is 65.2 Å². The Morgan fingerprint density at radius 2 is 1.89 bits per heavy atom. The van der Waals surface area contributed by atoms with Crippen molar-refractivity contribution in [3.8, 4) is 6.07 Å². The molecule has 7 heteroatoms. The lowest BCUT2D eigenvalue weighted by atomic mass is 9.78. The second-order valence-corrected chi connectivity index (χ2v) is 7.13. The number of esters is 1. The van der Waals surface area contributed by atoms with Crippen molar-refractivity contribution in [3.05, 3.63) is 82.1 Å². The summed E-state index contributed by atoms with van der Waals surface area (Å²) in [6, 6.07) is 17.1.